The first kappa shape index (κ1) is 15.5. The fourth-order valence-electron chi connectivity index (χ4n) is 2.43. The predicted molar refractivity (Wildman–Crippen MR) is 84.0 cm³/mol. The lowest BCUT2D eigenvalue weighted by Crippen LogP contribution is -2.30. The first-order valence-corrected chi connectivity index (χ1v) is 7.20. The van der Waals surface area contributed by atoms with Gasteiger partial charge in [-0.05, 0) is 38.1 Å². The molecule has 0 unspecified atom stereocenters. The van der Waals surface area contributed by atoms with Crippen molar-refractivity contribution in [3.8, 4) is 5.75 Å². The van der Waals surface area contributed by atoms with Crippen molar-refractivity contribution >= 4 is 16.6 Å². The van der Waals surface area contributed by atoms with Crippen LogP contribution >= 0.6 is 0 Å². The minimum absolute atomic E-state index is 0.0357. The fraction of sp³-hybridized carbons (Fsp3) is 0.438. The Morgan fingerprint density at radius 2 is 1.86 bits per heavy atom. The van der Waals surface area contributed by atoms with Crippen molar-refractivity contribution in [3.63, 3.8) is 0 Å². The smallest absolute Gasteiger partial charge is 0.120 e. The molecule has 2 rings (SSSR count). The van der Waals surface area contributed by atoms with Crippen LogP contribution in [-0.4, -0.2) is 48.1 Å². The summed E-state index contributed by atoms with van der Waals surface area (Å²) in [7, 11) is 0. The molecule has 1 heterocycles. The molecule has 21 heavy (non-hydrogen) atoms. The van der Waals surface area contributed by atoms with Crippen molar-refractivity contribution in [1.29, 1.82) is 0 Å². The third kappa shape index (κ3) is 3.62. The molecule has 0 saturated carbocycles. The zero-order valence-electron chi connectivity index (χ0n) is 12.5. The Morgan fingerprint density at radius 1 is 1.14 bits per heavy atom. The number of aryl methyl sites for hydroxylation is 1. The van der Waals surface area contributed by atoms with Crippen LogP contribution in [0.5, 0.6) is 5.75 Å². The van der Waals surface area contributed by atoms with E-state index in [0.29, 0.717) is 19.7 Å². The minimum atomic E-state index is 0.0357. The second-order valence-corrected chi connectivity index (χ2v) is 4.83. The summed E-state index contributed by atoms with van der Waals surface area (Å²) in [5, 5.41) is 19.4. The molecule has 0 atom stereocenters. The average Bonchev–Trinajstić information content (AvgIpc) is 2.47. The van der Waals surface area contributed by atoms with E-state index < -0.39 is 0 Å². The second kappa shape index (κ2) is 7.24. The third-order valence-corrected chi connectivity index (χ3v) is 3.28. The molecule has 0 spiro atoms. The lowest BCUT2D eigenvalue weighted by atomic mass is 10.1. The number of pyridine rings is 1. The minimum Gasteiger partial charge on any atom is -0.494 e. The molecule has 5 heteroatoms. The van der Waals surface area contributed by atoms with Crippen molar-refractivity contribution < 1.29 is 14.9 Å². The molecule has 0 amide bonds. The number of aromatic nitrogens is 1. The van der Waals surface area contributed by atoms with E-state index in [2.05, 4.69) is 4.98 Å². The number of hydrogen-bond donors (Lipinski definition) is 2. The Bertz CT molecular complexity index is 595. The van der Waals surface area contributed by atoms with Crippen molar-refractivity contribution in [2.24, 2.45) is 0 Å². The van der Waals surface area contributed by atoms with Crippen LogP contribution in [0, 0.1) is 6.92 Å². The maximum absolute atomic E-state index is 9.24. The van der Waals surface area contributed by atoms with Gasteiger partial charge in [0.2, 0.25) is 0 Å². The number of ether oxygens (including phenoxy) is 1. The van der Waals surface area contributed by atoms with E-state index in [0.717, 1.165) is 28.0 Å². The van der Waals surface area contributed by atoms with E-state index in [1.165, 1.54) is 0 Å². The maximum atomic E-state index is 9.24. The van der Waals surface area contributed by atoms with Crippen LogP contribution in [0.25, 0.3) is 10.9 Å². The number of benzene rings is 1. The molecule has 0 radical (unpaired) electrons. The Hall–Kier alpha value is -1.85. The molecule has 5 nitrogen and oxygen atoms in total. The van der Waals surface area contributed by atoms with E-state index in [1.54, 1.807) is 0 Å². The molecular formula is C16H22N2O3. The topological polar surface area (TPSA) is 65.8 Å². The van der Waals surface area contributed by atoms with Crippen LogP contribution < -0.4 is 9.64 Å². The average molecular weight is 290 g/mol. The van der Waals surface area contributed by atoms with E-state index >= 15 is 0 Å². The van der Waals surface area contributed by atoms with Gasteiger partial charge in [0.05, 0.1) is 25.3 Å². The Kier molecular flexibility index (Phi) is 5.36. The number of anilines is 1. The van der Waals surface area contributed by atoms with Gasteiger partial charge < -0.3 is 19.8 Å². The molecule has 0 saturated heterocycles. The summed E-state index contributed by atoms with van der Waals surface area (Å²) in [4.78, 5) is 6.50. The summed E-state index contributed by atoms with van der Waals surface area (Å²) in [5.74, 6) is 0.796. The lowest BCUT2D eigenvalue weighted by molar-refractivity contribution is 0.281. The number of aliphatic hydroxyl groups excluding tert-OH is 2. The molecule has 1 aromatic carbocycles. The molecule has 0 fully saturated rings. The van der Waals surface area contributed by atoms with Gasteiger partial charge >= 0.3 is 0 Å². The molecule has 0 bridgehead atoms. The van der Waals surface area contributed by atoms with Gasteiger partial charge in [0.15, 0.2) is 0 Å². The molecular weight excluding hydrogens is 268 g/mol. The van der Waals surface area contributed by atoms with Crippen LogP contribution in [0.1, 0.15) is 12.6 Å². The number of nitrogens with zero attached hydrogens (tertiary/aromatic N) is 2. The standard InChI is InChI=1S/C16H22N2O3/c1-3-21-13-4-5-15-14(11-13)16(10-12(2)17-15)18(6-8-19)7-9-20/h4-5,10-11,19-20H,3,6-9H2,1-2H3. The Labute approximate surface area is 124 Å². The first-order chi connectivity index (χ1) is 10.2. The van der Waals surface area contributed by atoms with Gasteiger partial charge in [0.1, 0.15) is 5.75 Å². The zero-order chi connectivity index (χ0) is 15.2. The molecule has 0 aliphatic rings. The van der Waals surface area contributed by atoms with Gasteiger partial charge in [-0.3, -0.25) is 4.98 Å². The molecule has 0 aliphatic carbocycles. The number of fused-ring (bicyclic) bond motifs is 1. The number of hydrogen-bond acceptors (Lipinski definition) is 5. The van der Waals surface area contributed by atoms with Crippen LogP contribution in [-0.2, 0) is 0 Å². The summed E-state index contributed by atoms with van der Waals surface area (Å²) >= 11 is 0. The van der Waals surface area contributed by atoms with Crippen molar-refractivity contribution in [2.75, 3.05) is 37.8 Å². The van der Waals surface area contributed by atoms with E-state index in [4.69, 9.17) is 4.74 Å². The summed E-state index contributed by atoms with van der Waals surface area (Å²) in [5.41, 5.74) is 2.75. The molecule has 2 aromatic rings. The Balaban J connectivity index is 2.54. The van der Waals surface area contributed by atoms with E-state index in [-0.39, 0.29) is 13.2 Å². The van der Waals surface area contributed by atoms with Crippen LogP contribution in [0.3, 0.4) is 0 Å². The SMILES string of the molecule is CCOc1ccc2nc(C)cc(N(CCO)CCO)c2c1. The molecule has 114 valence electrons. The van der Waals surface area contributed by atoms with Gasteiger partial charge in [0.25, 0.3) is 0 Å². The number of rotatable bonds is 7. The molecule has 0 aliphatic heterocycles. The summed E-state index contributed by atoms with van der Waals surface area (Å²) in [6.07, 6.45) is 0. The normalized spacial score (nSPS) is 10.9. The van der Waals surface area contributed by atoms with Gasteiger partial charge in [-0.2, -0.15) is 0 Å². The number of aliphatic hydroxyl groups is 2. The van der Waals surface area contributed by atoms with E-state index in [1.807, 2.05) is 43.0 Å². The quantitative estimate of drug-likeness (QED) is 0.813. The van der Waals surface area contributed by atoms with Crippen molar-refractivity contribution in [2.45, 2.75) is 13.8 Å². The zero-order valence-corrected chi connectivity index (χ0v) is 12.5. The first-order valence-electron chi connectivity index (χ1n) is 7.20. The van der Waals surface area contributed by atoms with Gasteiger partial charge in [0, 0.05) is 29.9 Å². The predicted octanol–water partition coefficient (Wildman–Crippen LogP) is 1.73. The highest BCUT2D eigenvalue weighted by Gasteiger charge is 2.12. The highest BCUT2D eigenvalue weighted by molar-refractivity contribution is 5.93. The third-order valence-electron chi connectivity index (χ3n) is 3.28. The van der Waals surface area contributed by atoms with Crippen LogP contribution in [0.15, 0.2) is 24.3 Å². The highest BCUT2D eigenvalue weighted by Crippen LogP contribution is 2.30. The summed E-state index contributed by atoms with van der Waals surface area (Å²) in [6.45, 7) is 5.51. The summed E-state index contributed by atoms with van der Waals surface area (Å²) in [6, 6.07) is 7.78. The van der Waals surface area contributed by atoms with Gasteiger partial charge in [-0.25, -0.2) is 0 Å². The van der Waals surface area contributed by atoms with Gasteiger partial charge in [-0.1, -0.05) is 0 Å². The van der Waals surface area contributed by atoms with Crippen molar-refractivity contribution in [3.05, 3.63) is 30.0 Å². The highest BCUT2D eigenvalue weighted by atomic mass is 16.5. The Morgan fingerprint density at radius 3 is 2.48 bits per heavy atom. The van der Waals surface area contributed by atoms with Crippen LogP contribution in [0.2, 0.25) is 0 Å². The fourth-order valence-corrected chi connectivity index (χ4v) is 2.43. The molecule has 1 aromatic heterocycles. The van der Waals surface area contributed by atoms with Crippen LogP contribution in [0.4, 0.5) is 5.69 Å². The monoisotopic (exact) mass is 290 g/mol. The van der Waals surface area contributed by atoms with E-state index in [9.17, 15) is 10.2 Å². The second-order valence-electron chi connectivity index (χ2n) is 4.83. The lowest BCUT2D eigenvalue weighted by Gasteiger charge is -2.25. The maximum Gasteiger partial charge on any atom is 0.120 e. The largest absolute Gasteiger partial charge is 0.494 e. The summed E-state index contributed by atoms with van der Waals surface area (Å²) < 4.78 is 5.55. The van der Waals surface area contributed by atoms with Gasteiger partial charge in [-0.15, -0.1) is 0 Å². The molecule has 2 N–H and O–H groups in total. The van der Waals surface area contributed by atoms with Crippen molar-refractivity contribution in [1.82, 2.24) is 4.98 Å².